The van der Waals surface area contributed by atoms with Crippen molar-refractivity contribution < 1.29 is 25.9 Å². The van der Waals surface area contributed by atoms with Crippen molar-refractivity contribution in [3.8, 4) is 0 Å². The monoisotopic (exact) mass is 706 g/mol. The molecular formula is C38H50CaO6S2. The van der Waals surface area contributed by atoms with Gasteiger partial charge in [0.15, 0.2) is 0 Å². The first-order valence-corrected chi connectivity index (χ1v) is 19.8. The van der Waals surface area contributed by atoms with Gasteiger partial charge >= 0.3 is 37.7 Å². The Balaban J connectivity index is 0.000000320. The Bertz CT molecular complexity index is 1610. The zero-order valence-corrected chi connectivity index (χ0v) is 32.1. The van der Waals surface area contributed by atoms with Crippen molar-refractivity contribution in [1.82, 2.24) is 0 Å². The van der Waals surface area contributed by atoms with Crippen LogP contribution < -0.4 is 0 Å². The van der Waals surface area contributed by atoms with Crippen molar-refractivity contribution in [2.45, 2.75) is 126 Å². The molecule has 4 aromatic rings. The van der Waals surface area contributed by atoms with E-state index in [1.54, 1.807) is 12.1 Å². The van der Waals surface area contributed by atoms with Crippen LogP contribution in [0.25, 0.3) is 21.5 Å². The van der Waals surface area contributed by atoms with Gasteiger partial charge in [0.1, 0.15) is 20.2 Å². The van der Waals surface area contributed by atoms with E-state index in [2.05, 4.69) is 13.8 Å². The van der Waals surface area contributed by atoms with Crippen LogP contribution in [0, 0.1) is 0 Å². The Hall–Kier alpha value is -1.52. The molecule has 0 aliphatic rings. The maximum Gasteiger partial charge on any atom is 2.00 e. The average molecular weight is 707 g/mol. The molecule has 0 bridgehead atoms. The summed E-state index contributed by atoms with van der Waals surface area (Å²) in [6.07, 6.45) is 19.3. The molecule has 0 N–H and O–H groups in total. The van der Waals surface area contributed by atoms with Gasteiger partial charge in [-0.2, -0.15) is 0 Å². The number of aryl methyl sites for hydroxylation is 2. The summed E-state index contributed by atoms with van der Waals surface area (Å²) in [4.78, 5) is -0.283. The molecule has 47 heavy (non-hydrogen) atoms. The van der Waals surface area contributed by atoms with E-state index in [0.717, 1.165) is 58.4 Å². The molecule has 9 heteroatoms. The van der Waals surface area contributed by atoms with Gasteiger partial charge < -0.3 is 9.11 Å². The molecule has 0 fully saturated rings. The molecule has 0 spiro atoms. The molecule has 0 atom stereocenters. The Morgan fingerprint density at radius 2 is 0.809 bits per heavy atom. The molecule has 0 radical (unpaired) electrons. The largest absolute Gasteiger partial charge is 2.00 e. The second-order valence-electron chi connectivity index (χ2n) is 12.3. The first-order valence-electron chi connectivity index (χ1n) is 17.0. The summed E-state index contributed by atoms with van der Waals surface area (Å²) in [7, 11) is -8.80. The van der Waals surface area contributed by atoms with Gasteiger partial charge in [-0.25, -0.2) is 16.8 Å². The third kappa shape index (κ3) is 14.5. The predicted octanol–water partition coefficient (Wildman–Crippen LogP) is 9.69. The maximum atomic E-state index is 11.2. The van der Waals surface area contributed by atoms with Crippen molar-refractivity contribution in [3.63, 3.8) is 0 Å². The Morgan fingerprint density at radius 1 is 0.468 bits per heavy atom. The van der Waals surface area contributed by atoms with Crippen LogP contribution in [0.3, 0.4) is 0 Å². The van der Waals surface area contributed by atoms with E-state index < -0.39 is 20.2 Å². The third-order valence-electron chi connectivity index (χ3n) is 8.56. The summed E-state index contributed by atoms with van der Waals surface area (Å²) in [6.45, 7) is 4.44. The van der Waals surface area contributed by atoms with Gasteiger partial charge in [-0.15, -0.1) is 0 Å². The van der Waals surface area contributed by atoms with E-state index in [9.17, 15) is 25.9 Å². The van der Waals surface area contributed by atoms with Gasteiger partial charge in [0.05, 0.1) is 9.79 Å². The fourth-order valence-electron chi connectivity index (χ4n) is 5.93. The number of rotatable bonds is 18. The molecule has 0 unspecified atom stereocenters. The molecule has 0 saturated heterocycles. The number of hydrogen-bond donors (Lipinski definition) is 0. The zero-order valence-electron chi connectivity index (χ0n) is 28.2. The SMILES string of the molecule is CCCCCCCCCc1cccc2ccc(S(=O)(=O)[O-])cc12.CCCCCCCCCc1cccc2ccc(S(=O)(=O)[O-])cc12.[Ca+2]. The molecule has 4 rings (SSSR count). The van der Waals surface area contributed by atoms with Crippen LogP contribution in [-0.2, 0) is 33.1 Å². The minimum Gasteiger partial charge on any atom is -0.744 e. The molecular weight excluding hydrogens is 657 g/mol. The molecule has 252 valence electrons. The second-order valence-corrected chi connectivity index (χ2v) is 15.0. The summed E-state index contributed by atoms with van der Waals surface area (Å²) in [5, 5.41) is 3.74. The van der Waals surface area contributed by atoms with Crippen LogP contribution >= 0.6 is 0 Å². The topological polar surface area (TPSA) is 114 Å². The minimum atomic E-state index is -4.40. The van der Waals surface area contributed by atoms with Gasteiger partial charge in [0.2, 0.25) is 0 Å². The van der Waals surface area contributed by atoms with Crippen molar-refractivity contribution in [2.24, 2.45) is 0 Å². The quantitative estimate of drug-likeness (QED) is 0.0578. The van der Waals surface area contributed by atoms with Gasteiger partial charge in [0.25, 0.3) is 0 Å². The van der Waals surface area contributed by atoms with E-state index in [1.807, 2.05) is 36.4 Å². The number of unbranched alkanes of at least 4 members (excludes halogenated alkanes) is 12. The third-order valence-corrected chi connectivity index (χ3v) is 10.2. The number of hydrogen-bond acceptors (Lipinski definition) is 6. The first kappa shape index (κ1) is 41.7. The fourth-order valence-corrected chi connectivity index (χ4v) is 6.92. The van der Waals surface area contributed by atoms with E-state index in [1.165, 1.54) is 101 Å². The van der Waals surface area contributed by atoms with Gasteiger partial charge in [-0.05, 0) is 82.6 Å². The number of fused-ring (bicyclic) bond motifs is 2. The van der Waals surface area contributed by atoms with Crippen molar-refractivity contribution in [3.05, 3.63) is 83.9 Å². The molecule has 0 aliphatic heterocycles. The first-order chi connectivity index (χ1) is 22.0. The van der Waals surface area contributed by atoms with Crippen LogP contribution in [0.5, 0.6) is 0 Å². The molecule has 4 aromatic carbocycles. The molecule has 0 saturated carbocycles. The van der Waals surface area contributed by atoms with Crippen LogP contribution in [0.15, 0.2) is 82.6 Å². The maximum absolute atomic E-state index is 11.2. The summed E-state index contributed by atoms with van der Waals surface area (Å²) in [5.74, 6) is 0. The molecule has 0 aromatic heterocycles. The normalized spacial score (nSPS) is 11.7. The van der Waals surface area contributed by atoms with Gasteiger partial charge in [-0.1, -0.05) is 139 Å². The Morgan fingerprint density at radius 3 is 1.15 bits per heavy atom. The van der Waals surface area contributed by atoms with Crippen LogP contribution in [0.4, 0.5) is 0 Å². The Labute approximate surface area is 313 Å². The van der Waals surface area contributed by atoms with Crippen molar-refractivity contribution in [1.29, 1.82) is 0 Å². The van der Waals surface area contributed by atoms with Crippen LogP contribution in [0.2, 0.25) is 0 Å². The number of benzene rings is 4. The van der Waals surface area contributed by atoms with E-state index in [-0.39, 0.29) is 47.5 Å². The Kier molecular flexibility index (Phi) is 19.1. The summed E-state index contributed by atoms with van der Waals surface area (Å²) < 4.78 is 67.3. The molecule has 0 aliphatic carbocycles. The summed E-state index contributed by atoms with van der Waals surface area (Å²) in [6, 6.07) is 21.2. The minimum absolute atomic E-state index is 0. The van der Waals surface area contributed by atoms with E-state index in [4.69, 9.17) is 0 Å². The van der Waals surface area contributed by atoms with E-state index >= 15 is 0 Å². The smallest absolute Gasteiger partial charge is 0.744 e. The summed E-state index contributed by atoms with van der Waals surface area (Å²) >= 11 is 0. The average Bonchev–Trinajstić information content (AvgIpc) is 3.03. The van der Waals surface area contributed by atoms with Crippen molar-refractivity contribution in [2.75, 3.05) is 0 Å². The van der Waals surface area contributed by atoms with E-state index in [0.29, 0.717) is 0 Å². The summed E-state index contributed by atoms with van der Waals surface area (Å²) in [5.41, 5.74) is 2.25. The second kappa shape index (κ2) is 21.5. The zero-order chi connectivity index (χ0) is 33.4. The fraction of sp³-hybridized carbons (Fsp3) is 0.474. The van der Waals surface area contributed by atoms with Crippen LogP contribution in [0.1, 0.15) is 115 Å². The van der Waals surface area contributed by atoms with Crippen molar-refractivity contribution >= 4 is 79.5 Å². The predicted molar refractivity (Wildman–Crippen MR) is 193 cm³/mol. The molecule has 6 nitrogen and oxygen atoms in total. The van der Waals surface area contributed by atoms with Gasteiger partial charge in [0, 0.05) is 0 Å². The standard InChI is InChI=1S/2C19H26O3S.Ca/c2*1-2-3-4-5-6-7-8-10-16-11-9-12-17-13-14-18(15-19(16)17)23(20,21)22;/h2*9,11-15H,2-8,10H2,1H3,(H,20,21,22);/q;;+2/p-2. The van der Waals surface area contributed by atoms with Gasteiger partial charge in [-0.3, -0.25) is 0 Å². The molecule has 0 heterocycles. The molecule has 0 amide bonds. The van der Waals surface area contributed by atoms with Crippen LogP contribution in [-0.4, -0.2) is 63.7 Å².